The number of hydrogen-bond acceptors (Lipinski definition) is 3. The molecule has 0 heterocycles. The Kier molecular flexibility index (Phi) is 8.08. The van der Waals surface area contributed by atoms with E-state index in [1.807, 2.05) is 0 Å². The molecule has 4 aliphatic carbocycles. The summed E-state index contributed by atoms with van der Waals surface area (Å²) < 4.78 is 13.8. The number of fused-ring (bicyclic) bond motifs is 5. The lowest BCUT2D eigenvalue weighted by atomic mass is 9.43. The third-order valence-electron chi connectivity index (χ3n) is 11.2. The van der Waals surface area contributed by atoms with Gasteiger partial charge in [0.2, 0.25) is 0 Å². The molecule has 1 unspecified atom stereocenters. The third kappa shape index (κ3) is 5.72. The van der Waals surface area contributed by atoms with Gasteiger partial charge in [0.05, 0.1) is 0 Å². The average Bonchev–Trinajstić information content (AvgIpc) is 3.08. The summed E-state index contributed by atoms with van der Waals surface area (Å²) in [5.74, 6) is 3.37. The van der Waals surface area contributed by atoms with Crippen LogP contribution < -0.4 is 0 Å². The quantitative estimate of drug-likeness (QED) is 0.318. The van der Waals surface area contributed by atoms with Crippen molar-refractivity contribution in [2.75, 3.05) is 0 Å². The fourth-order valence-corrected chi connectivity index (χ4v) is 12.2. The Balaban J connectivity index is 1.60. The van der Waals surface area contributed by atoms with Crippen molar-refractivity contribution in [3.8, 4) is 0 Å². The predicted molar refractivity (Wildman–Crippen MR) is 153 cm³/mol. The fraction of sp³-hybridized carbons (Fsp3) is 0.967. The van der Waals surface area contributed by atoms with Crippen LogP contribution in [-0.2, 0) is 13.6 Å². The van der Waals surface area contributed by atoms with E-state index in [1.54, 1.807) is 0 Å². The van der Waals surface area contributed by atoms with Gasteiger partial charge in [-0.05, 0) is 143 Å². The van der Waals surface area contributed by atoms with Gasteiger partial charge in [0.1, 0.15) is 0 Å². The first kappa shape index (κ1) is 28.8. The van der Waals surface area contributed by atoms with E-state index in [1.165, 1.54) is 51.4 Å². The van der Waals surface area contributed by atoms with Gasteiger partial charge in [-0.15, -0.1) is 0 Å². The first-order valence-corrected chi connectivity index (χ1v) is 21.9. The van der Waals surface area contributed by atoms with Crippen LogP contribution in [0.2, 0.25) is 39.3 Å². The van der Waals surface area contributed by atoms with Crippen LogP contribution in [0.4, 0.5) is 0 Å². The zero-order valence-electron chi connectivity index (χ0n) is 24.9. The van der Waals surface area contributed by atoms with Crippen molar-refractivity contribution in [2.24, 2.45) is 46.3 Å². The SMILES string of the molecule is CC(CCC(=O)O)[C@H]1CC[C@H]2[C@@H]3[C@H](O[Si](C)(C)C)C[C@@H]4C[C@H](O[Si](C)(C)C)CC[C@]4(C)[C@H]3CC[C@]12C. The highest BCUT2D eigenvalue weighted by atomic mass is 28.4. The van der Waals surface area contributed by atoms with E-state index in [4.69, 9.17) is 8.85 Å². The molecule has 0 spiro atoms. The predicted octanol–water partition coefficient (Wildman–Crippen LogP) is 8.20. The number of carboxylic acids is 1. The first-order chi connectivity index (χ1) is 16.5. The van der Waals surface area contributed by atoms with Crippen LogP contribution >= 0.6 is 0 Å². The molecule has 6 heteroatoms. The van der Waals surface area contributed by atoms with Crippen molar-refractivity contribution in [1.82, 2.24) is 0 Å². The van der Waals surface area contributed by atoms with Crippen LogP contribution in [0.15, 0.2) is 0 Å². The number of carboxylic acid groups (broad SMARTS) is 1. The Labute approximate surface area is 223 Å². The topological polar surface area (TPSA) is 55.8 Å². The minimum atomic E-state index is -1.68. The van der Waals surface area contributed by atoms with Gasteiger partial charge in [-0.1, -0.05) is 20.8 Å². The molecule has 0 saturated heterocycles. The van der Waals surface area contributed by atoms with E-state index in [9.17, 15) is 9.90 Å². The molecule has 36 heavy (non-hydrogen) atoms. The standard InChI is InChI=1S/C30H56O4Si2/c1-20(10-13-27(31)32)23-11-12-24-28-25(15-17-30(23,24)3)29(2)16-14-22(33-35(4,5)6)18-21(29)19-26(28)34-36(7,8)9/h20-26,28H,10-19H2,1-9H3,(H,31,32)/t20?,21-,22+,23+,24-,25-,26+,28-,29-,30+/m0/s1. The number of aliphatic carboxylic acids is 1. The van der Waals surface area contributed by atoms with E-state index in [2.05, 4.69) is 60.1 Å². The first-order valence-electron chi connectivity index (χ1n) is 15.1. The minimum absolute atomic E-state index is 0.312. The smallest absolute Gasteiger partial charge is 0.303 e. The third-order valence-corrected chi connectivity index (χ3v) is 13.3. The van der Waals surface area contributed by atoms with Crippen molar-refractivity contribution in [2.45, 2.75) is 136 Å². The molecule has 0 aromatic carbocycles. The maximum Gasteiger partial charge on any atom is 0.303 e. The van der Waals surface area contributed by atoms with Crippen molar-refractivity contribution < 1.29 is 18.8 Å². The summed E-state index contributed by atoms with van der Waals surface area (Å²) in [6, 6.07) is 0. The summed E-state index contributed by atoms with van der Waals surface area (Å²) in [6.45, 7) is 21.7. The Morgan fingerprint density at radius 3 is 2.11 bits per heavy atom. The van der Waals surface area contributed by atoms with Crippen LogP contribution in [0.3, 0.4) is 0 Å². The molecule has 1 N–H and O–H groups in total. The summed E-state index contributed by atoms with van der Waals surface area (Å²) in [5, 5.41) is 9.30. The molecule has 208 valence electrons. The van der Waals surface area contributed by atoms with E-state index in [0.717, 1.165) is 18.3 Å². The van der Waals surface area contributed by atoms with Crippen molar-refractivity contribution in [3.63, 3.8) is 0 Å². The summed E-state index contributed by atoms with van der Waals surface area (Å²) in [7, 11) is -3.22. The Hall–Kier alpha value is -0.176. The van der Waals surface area contributed by atoms with Crippen LogP contribution in [0.25, 0.3) is 0 Å². The molecular weight excluding hydrogens is 480 g/mol. The van der Waals surface area contributed by atoms with Gasteiger partial charge in [0, 0.05) is 18.6 Å². The summed E-state index contributed by atoms with van der Waals surface area (Å²) in [5.41, 5.74) is 0.749. The molecule has 4 nitrogen and oxygen atoms in total. The second-order valence-corrected chi connectivity index (χ2v) is 24.7. The molecule has 10 atom stereocenters. The average molecular weight is 537 g/mol. The van der Waals surface area contributed by atoms with Crippen LogP contribution in [0, 0.1) is 46.3 Å². The van der Waals surface area contributed by atoms with E-state index in [-0.39, 0.29) is 0 Å². The lowest BCUT2D eigenvalue weighted by Gasteiger charge is -2.64. The number of hydrogen-bond donors (Lipinski definition) is 1. The summed E-state index contributed by atoms with van der Waals surface area (Å²) in [6.07, 6.45) is 12.2. The fourth-order valence-electron chi connectivity index (χ4n) is 9.87. The zero-order chi connectivity index (χ0) is 26.7. The number of rotatable bonds is 8. The van der Waals surface area contributed by atoms with Crippen molar-refractivity contribution in [1.29, 1.82) is 0 Å². The lowest BCUT2D eigenvalue weighted by molar-refractivity contribution is -0.168. The molecule has 4 aliphatic rings. The van der Waals surface area contributed by atoms with Gasteiger partial charge in [-0.3, -0.25) is 4.79 Å². The highest BCUT2D eigenvalue weighted by molar-refractivity contribution is 6.70. The summed E-state index contributed by atoms with van der Waals surface area (Å²) >= 11 is 0. The van der Waals surface area contributed by atoms with Crippen LogP contribution in [0.1, 0.15) is 85.0 Å². The minimum Gasteiger partial charge on any atom is -0.481 e. The molecule has 0 aliphatic heterocycles. The second-order valence-electron chi connectivity index (χ2n) is 15.8. The number of carbonyl (C=O) groups is 1. The van der Waals surface area contributed by atoms with Gasteiger partial charge >= 0.3 is 5.97 Å². The molecule has 4 rings (SSSR count). The zero-order valence-corrected chi connectivity index (χ0v) is 26.9. The van der Waals surface area contributed by atoms with Gasteiger partial charge in [0.15, 0.2) is 16.6 Å². The van der Waals surface area contributed by atoms with Gasteiger partial charge < -0.3 is 14.0 Å². The highest BCUT2D eigenvalue weighted by Crippen LogP contribution is 2.69. The summed E-state index contributed by atoms with van der Waals surface area (Å²) in [4.78, 5) is 11.3. The maximum atomic E-state index is 11.3. The van der Waals surface area contributed by atoms with Gasteiger partial charge in [0.25, 0.3) is 0 Å². The molecule has 4 fully saturated rings. The van der Waals surface area contributed by atoms with Gasteiger partial charge in [-0.25, -0.2) is 0 Å². The lowest BCUT2D eigenvalue weighted by Crippen LogP contribution is -2.60. The molecule has 0 amide bonds. The van der Waals surface area contributed by atoms with Crippen molar-refractivity contribution in [3.05, 3.63) is 0 Å². The van der Waals surface area contributed by atoms with E-state index < -0.39 is 22.6 Å². The Bertz CT molecular complexity index is 804. The highest BCUT2D eigenvalue weighted by Gasteiger charge is 2.63. The maximum absolute atomic E-state index is 11.3. The molecule has 0 radical (unpaired) electrons. The Morgan fingerprint density at radius 2 is 1.50 bits per heavy atom. The molecular formula is C30H56O4Si2. The second kappa shape index (κ2) is 10.1. The Morgan fingerprint density at radius 1 is 0.889 bits per heavy atom. The van der Waals surface area contributed by atoms with Crippen LogP contribution in [-0.4, -0.2) is 39.9 Å². The molecule has 0 aromatic heterocycles. The largest absolute Gasteiger partial charge is 0.481 e. The van der Waals surface area contributed by atoms with Crippen molar-refractivity contribution >= 4 is 22.6 Å². The van der Waals surface area contributed by atoms with E-state index >= 15 is 0 Å². The molecule has 0 bridgehead atoms. The van der Waals surface area contributed by atoms with E-state index in [0.29, 0.717) is 53.1 Å². The van der Waals surface area contributed by atoms with Crippen LogP contribution in [0.5, 0.6) is 0 Å². The molecule has 4 saturated carbocycles. The van der Waals surface area contributed by atoms with Gasteiger partial charge in [-0.2, -0.15) is 0 Å². The normalized spacial score (nSPS) is 43.9. The monoisotopic (exact) mass is 536 g/mol. The molecule has 0 aromatic rings.